The van der Waals surface area contributed by atoms with Gasteiger partial charge in [-0.3, -0.25) is 0 Å². The topological polar surface area (TPSA) is 66.0 Å². The van der Waals surface area contributed by atoms with E-state index in [0.29, 0.717) is 5.69 Å². The highest BCUT2D eigenvalue weighted by Gasteiger charge is 2.11. The standard InChI is InChI=1S/C14H10BrFN4O/c15-10-6-12(17)13(7-11(10)16)21-14-18-8-20(19-14)9-4-2-1-3-5-9/h1-8H,17H2. The fourth-order valence-corrected chi connectivity index (χ4v) is 2.09. The molecule has 2 N–H and O–H groups in total. The molecule has 21 heavy (non-hydrogen) atoms. The summed E-state index contributed by atoms with van der Waals surface area (Å²) in [7, 11) is 0. The Morgan fingerprint density at radius 3 is 2.71 bits per heavy atom. The van der Waals surface area contributed by atoms with Crippen LogP contribution >= 0.6 is 15.9 Å². The Labute approximate surface area is 128 Å². The maximum absolute atomic E-state index is 13.5. The summed E-state index contributed by atoms with van der Waals surface area (Å²) in [6.45, 7) is 0. The monoisotopic (exact) mass is 348 g/mol. The summed E-state index contributed by atoms with van der Waals surface area (Å²) in [4.78, 5) is 4.02. The quantitative estimate of drug-likeness (QED) is 0.735. The van der Waals surface area contributed by atoms with E-state index in [1.807, 2.05) is 30.3 Å². The third kappa shape index (κ3) is 2.87. The molecule has 0 aliphatic carbocycles. The van der Waals surface area contributed by atoms with E-state index in [0.717, 1.165) is 5.69 Å². The highest BCUT2D eigenvalue weighted by Crippen LogP contribution is 2.30. The van der Waals surface area contributed by atoms with Crippen LogP contribution in [0.25, 0.3) is 5.69 Å². The molecule has 0 bridgehead atoms. The van der Waals surface area contributed by atoms with E-state index in [-0.39, 0.29) is 16.2 Å². The van der Waals surface area contributed by atoms with Crippen molar-refractivity contribution in [2.24, 2.45) is 0 Å². The van der Waals surface area contributed by atoms with E-state index in [2.05, 4.69) is 26.0 Å². The minimum Gasteiger partial charge on any atom is -0.421 e. The van der Waals surface area contributed by atoms with Gasteiger partial charge >= 0.3 is 6.01 Å². The van der Waals surface area contributed by atoms with Crippen LogP contribution in [-0.4, -0.2) is 14.8 Å². The highest BCUT2D eigenvalue weighted by molar-refractivity contribution is 9.10. The Kier molecular flexibility index (Phi) is 3.57. The number of nitrogens with two attached hydrogens (primary N) is 1. The van der Waals surface area contributed by atoms with Crippen LogP contribution < -0.4 is 10.5 Å². The molecule has 3 rings (SSSR count). The van der Waals surface area contributed by atoms with Gasteiger partial charge in [0.15, 0.2) is 5.75 Å². The number of aromatic nitrogens is 3. The number of benzene rings is 2. The fraction of sp³-hybridized carbons (Fsp3) is 0. The summed E-state index contributed by atoms with van der Waals surface area (Å²) in [5, 5.41) is 4.16. The van der Waals surface area contributed by atoms with Gasteiger partial charge in [-0.25, -0.2) is 9.07 Å². The van der Waals surface area contributed by atoms with Crippen molar-refractivity contribution >= 4 is 21.6 Å². The molecule has 0 unspecified atom stereocenters. The van der Waals surface area contributed by atoms with Crippen LogP contribution in [-0.2, 0) is 0 Å². The van der Waals surface area contributed by atoms with Gasteiger partial charge in [0.2, 0.25) is 0 Å². The van der Waals surface area contributed by atoms with Crippen LogP contribution in [0.4, 0.5) is 10.1 Å². The Morgan fingerprint density at radius 2 is 1.95 bits per heavy atom. The molecule has 7 heteroatoms. The molecule has 0 atom stereocenters. The summed E-state index contributed by atoms with van der Waals surface area (Å²) < 4.78 is 20.8. The van der Waals surface area contributed by atoms with Gasteiger partial charge in [0, 0.05) is 6.07 Å². The van der Waals surface area contributed by atoms with Crippen LogP contribution in [0.15, 0.2) is 53.3 Å². The molecule has 0 fully saturated rings. The summed E-state index contributed by atoms with van der Waals surface area (Å²) >= 11 is 3.05. The first-order chi connectivity index (χ1) is 10.1. The van der Waals surface area contributed by atoms with Gasteiger partial charge in [0.05, 0.1) is 15.8 Å². The number of anilines is 1. The van der Waals surface area contributed by atoms with Crippen LogP contribution in [0, 0.1) is 5.82 Å². The largest absolute Gasteiger partial charge is 0.421 e. The second-order valence-corrected chi connectivity index (χ2v) is 5.07. The minimum atomic E-state index is -0.471. The van der Waals surface area contributed by atoms with Gasteiger partial charge in [0.1, 0.15) is 12.1 Å². The molecule has 0 amide bonds. The number of ether oxygens (including phenoxy) is 1. The molecule has 0 aliphatic heterocycles. The predicted octanol–water partition coefficient (Wildman–Crippen LogP) is 3.54. The third-order valence-corrected chi connectivity index (χ3v) is 3.35. The van der Waals surface area contributed by atoms with Crippen molar-refractivity contribution in [2.45, 2.75) is 0 Å². The molecular weight excluding hydrogens is 339 g/mol. The molecular formula is C14H10BrFN4O. The van der Waals surface area contributed by atoms with E-state index in [4.69, 9.17) is 10.5 Å². The van der Waals surface area contributed by atoms with Crippen LogP contribution in [0.5, 0.6) is 11.8 Å². The molecule has 0 saturated carbocycles. The molecule has 2 aromatic carbocycles. The van der Waals surface area contributed by atoms with Gasteiger partial charge < -0.3 is 10.5 Å². The van der Waals surface area contributed by atoms with Gasteiger partial charge in [-0.1, -0.05) is 18.2 Å². The number of nitrogens with zero attached hydrogens (tertiary/aromatic N) is 3. The number of hydrogen-bond acceptors (Lipinski definition) is 4. The Bertz CT molecular complexity index is 776. The van der Waals surface area contributed by atoms with Crippen molar-refractivity contribution in [3.05, 3.63) is 59.1 Å². The Morgan fingerprint density at radius 1 is 1.19 bits per heavy atom. The van der Waals surface area contributed by atoms with E-state index in [1.165, 1.54) is 18.5 Å². The maximum atomic E-state index is 13.5. The van der Waals surface area contributed by atoms with Crippen molar-refractivity contribution in [1.29, 1.82) is 0 Å². The average Bonchev–Trinajstić information content (AvgIpc) is 2.94. The highest BCUT2D eigenvalue weighted by atomic mass is 79.9. The van der Waals surface area contributed by atoms with Crippen LogP contribution in [0.3, 0.4) is 0 Å². The van der Waals surface area contributed by atoms with E-state index >= 15 is 0 Å². The van der Waals surface area contributed by atoms with Gasteiger partial charge in [-0.05, 0) is 34.1 Å². The molecule has 0 saturated heterocycles. The lowest BCUT2D eigenvalue weighted by molar-refractivity contribution is 0.439. The van der Waals surface area contributed by atoms with Crippen LogP contribution in [0.1, 0.15) is 0 Å². The lowest BCUT2D eigenvalue weighted by atomic mass is 10.3. The van der Waals surface area contributed by atoms with Crippen molar-refractivity contribution in [3.8, 4) is 17.4 Å². The summed E-state index contributed by atoms with van der Waals surface area (Å²) in [5.41, 5.74) is 6.91. The second-order valence-electron chi connectivity index (χ2n) is 4.21. The van der Waals surface area contributed by atoms with Gasteiger partial charge in [-0.15, -0.1) is 5.10 Å². The number of para-hydroxylation sites is 1. The van der Waals surface area contributed by atoms with Crippen LogP contribution in [0.2, 0.25) is 0 Å². The number of rotatable bonds is 3. The van der Waals surface area contributed by atoms with Gasteiger partial charge in [0.25, 0.3) is 0 Å². The second kappa shape index (κ2) is 5.53. The Balaban J connectivity index is 1.87. The third-order valence-electron chi connectivity index (χ3n) is 2.75. The van der Waals surface area contributed by atoms with E-state index in [1.54, 1.807) is 4.68 Å². The summed E-state index contributed by atoms with van der Waals surface area (Å²) in [5.74, 6) is -0.303. The first kappa shape index (κ1) is 13.6. The molecule has 0 radical (unpaired) electrons. The zero-order valence-corrected chi connectivity index (χ0v) is 12.3. The van der Waals surface area contributed by atoms with Gasteiger partial charge in [-0.2, -0.15) is 4.98 Å². The minimum absolute atomic E-state index is 0.0901. The van der Waals surface area contributed by atoms with E-state index in [9.17, 15) is 4.39 Å². The molecule has 0 spiro atoms. The molecule has 0 aliphatic rings. The van der Waals surface area contributed by atoms with Crippen molar-refractivity contribution < 1.29 is 9.13 Å². The molecule has 1 aromatic heterocycles. The molecule has 1 heterocycles. The van der Waals surface area contributed by atoms with Crippen molar-refractivity contribution in [2.75, 3.05) is 5.73 Å². The van der Waals surface area contributed by atoms with Crippen molar-refractivity contribution in [3.63, 3.8) is 0 Å². The lowest BCUT2D eigenvalue weighted by Crippen LogP contribution is -1.97. The first-order valence-corrected chi connectivity index (χ1v) is 6.82. The van der Waals surface area contributed by atoms with Crippen molar-refractivity contribution in [1.82, 2.24) is 14.8 Å². The number of nitrogen functional groups attached to an aromatic ring is 1. The smallest absolute Gasteiger partial charge is 0.341 e. The van der Waals surface area contributed by atoms with E-state index < -0.39 is 5.82 Å². The lowest BCUT2D eigenvalue weighted by Gasteiger charge is -2.06. The summed E-state index contributed by atoms with van der Waals surface area (Å²) in [6, 6.07) is 12.1. The predicted molar refractivity (Wildman–Crippen MR) is 79.9 cm³/mol. The zero-order valence-electron chi connectivity index (χ0n) is 10.7. The molecule has 3 aromatic rings. The fourth-order valence-electron chi connectivity index (χ4n) is 1.73. The average molecular weight is 349 g/mol. The first-order valence-electron chi connectivity index (χ1n) is 6.03. The normalized spacial score (nSPS) is 10.6. The Hall–Kier alpha value is -2.41. The maximum Gasteiger partial charge on any atom is 0.341 e. The molecule has 5 nitrogen and oxygen atoms in total. The summed E-state index contributed by atoms with van der Waals surface area (Å²) in [6.07, 6.45) is 1.51. The number of halogens is 2. The SMILES string of the molecule is Nc1cc(Br)c(F)cc1Oc1ncn(-c2ccccc2)n1. The zero-order chi connectivity index (χ0) is 14.8. The number of hydrogen-bond donors (Lipinski definition) is 1. The molecule has 106 valence electrons.